The smallest absolute Gasteiger partial charge is 0.0620 e. The highest BCUT2D eigenvalue weighted by atomic mass is 32.1. The van der Waals surface area contributed by atoms with Crippen LogP contribution < -0.4 is 0 Å². The molecule has 0 aromatic carbocycles. The first-order valence-corrected chi connectivity index (χ1v) is 4.02. The highest BCUT2D eigenvalue weighted by Crippen LogP contribution is 1.84. The molecule has 0 atom stereocenters. The van der Waals surface area contributed by atoms with Crippen LogP contribution in [0.25, 0.3) is 0 Å². The van der Waals surface area contributed by atoms with Crippen molar-refractivity contribution in [3.63, 3.8) is 0 Å². The van der Waals surface area contributed by atoms with Crippen molar-refractivity contribution in [2.75, 3.05) is 26.2 Å². The largest absolute Gasteiger partial charge is 0.302 e. The summed E-state index contributed by atoms with van der Waals surface area (Å²) in [5.74, 6) is 0. The Hall–Kier alpha value is -0.240. The Kier molecular flexibility index (Phi) is 6.71. The number of hydrogen-bond donors (Lipinski definition) is 0. The minimum absolute atomic E-state index is 0.783. The van der Waals surface area contributed by atoms with Crippen molar-refractivity contribution in [1.82, 2.24) is 4.90 Å². The lowest BCUT2D eigenvalue weighted by atomic mass is 10.5. The Morgan fingerprint density at radius 1 is 1.40 bits per heavy atom. The van der Waals surface area contributed by atoms with Gasteiger partial charge in [0, 0.05) is 6.54 Å². The molecule has 0 aliphatic carbocycles. The lowest BCUT2D eigenvalue weighted by molar-refractivity contribution is 0.313. The summed E-state index contributed by atoms with van der Waals surface area (Å²) >= 11 is 4.44. The molecule has 0 aliphatic rings. The highest BCUT2D eigenvalue weighted by Gasteiger charge is 1.94. The lowest BCUT2D eigenvalue weighted by Crippen LogP contribution is -2.25. The second kappa shape index (κ2) is 6.87. The van der Waals surface area contributed by atoms with Gasteiger partial charge in [0.15, 0.2) is 0 Å². The monoisotopic (exact) mass is 158 g/mol. The summed E-state index contributed by atoms with van der Waals surface area (Å²) in [6, 6.07) is 0. The molecule has 0 amide bonds. The molecule has 0 spiro atoms. The van der Waals surface area contributed by atoms with Crippen LogP contribution in [0.1, 0.15) is 13.8 Å². The molecule has 0 heterocycles. The van der Waals surface area contributed by atoms with Gasteiger partial charge >= 0.3 is 0 Å². The topological polar surface area (TPSA) is 15.6 Å². The van der Waals surface area contributed by atoms with E-state index in [0.29, 0.717) is 0 Å². The summed E-state index contributed by atoms with van der Waals surface area (Å²) in [5.41, 5.74) is 0. The van der Waals surface area contributed by atoms with Crippen molar-refractivity contribution in [3.8, 4) is 0 Å². The molecule has 0 aromatic rings. The fourth-order valence-corrected chi connectivity index (χ4v) is 0.868. The molecule has 0 aromatic heterocycles. The van der Waals surface area contributed by atoms with Gasteiger partial charge < -0.3 is 4.90 Å². The summed E-state index contributed by atoms with van der Waals surface area (Å²) in [4.78, 5) is 6.13. The van der Waals surface area contributed by atoms with E-state index in [4.69, 9.17) is 0 Å². The second-order valence-corrected chi connectivity index (χ2v) is 2.18. The van der Waals surface area contributed by atoms with Crippen LogP contribution in [0.15, 0.2) is 4.99 Å². The molecule has 0 fully saturated rings. The molecule has 0 bridgehead atoms. The average molecular weight is 158 g/mol. The summed E-state index contributed by atoms with van der Waals surface area (Å²) in [6.07, 6.45) is 0. The van der Waals surface area contributed by atoms with E-state index in [9.17, 15) is 0 Å². The fraction of sp³-hybridized carbons (Fsp3) is 0.857. The number of hydrogen-bond acceptors (Lipinski definition) is 3. The third-order valence-electron chi connectivity index (χ3n) is 1.49. The van der Waals surface area contributed by atoms with Crippen LogP contribution in [0, 0.1) is 0 Å². The second-order valence-electron chi connectivity index (χ2n) is 2.00. The van der Waals surface area contributed by atoms with Gasteiger partial charge in [-0.05, 0) is 25.3 Å². The summed E-state index contributed by atoms with van der Waals surface area (Å²) < 4.78 is 0. The Bertz CT molecular complexity index is 115. The summed E-state index contributed by atoms with van der Waals surface area (Å²) in [7, 11) is 0. The van der Waals surface area contributed by atoms with Crippen LogP contribution in [0.4, 0.5) is 0 Å². The minimum atomic E-state index is 0.783. The van der Waals surface area contributed by atoms with Crippen LogP contribution in [-0.2, 0) is 0 Å². The zero-order valence-electron chi connectivity index (χ0n) is 6.63. The predicted octanol–water partition coefficient (Wildman–Crippen LogP) is 1.43. The van der Waals surface area contributed by atoms with Gasteiger partial charge in [0.05, 0.1) is 11.7 Å². The Balaban J connectivity index is 3.34. The maximum absolute atomic E-state index is 4.44. The highest BCUT2D eigenvalue weighted by molar-refractivity contribution is 7.78. The van der Waals surface area contributed by atoms with Crippen molar-refractivity contribution in [2.45, 2.75) is 13.8 Å². The number of nitrogens with zero attached hydrogens (tertiary/aromatic N) is 2. The standard InChI is InChI=1S/C7H14N2S/c1-3-9(4-2)6-5-8-7-10/h3-6H2,1-2H3. The number of thiocarbonyl (C=S) groups is 1. The molecule has 0 saturated heterocycles. The lowest BCUT2D eigenvalue weighted by Gasteiger charge is -2.15. The summed E-state index contributed by atoms with van der Waals surface area (Å²) in [5, 5.41) is 2.35. The van der Waals surface area contributed by atoms with Crippen LogP contribution in [0.2, 0.25) is 0 Å². The van der Waals surface area contributed by atoms with Gasteiger partial charge in [-0.25, -0.2) is 4.99 Å². The molecule has 2 nitrogen and oxygen atoms in total. The van der Waals surface area contributed by atoms with Gasteiger partial charge in [-0.2, -0.15) is 0 Å². The molecular weight excluding hydrogens is 144 g/mol. The first-order valence-electron chi connectivity index (χ1n) is 3.61. The maximum atomic E-state index is 4.44. The Morgan fingerprint density at radius 3 is 2.40 bits per heavy atom. The predicted molar refractivity (Wildman–Crippen MR) is 47.7 cm³/mol. The fourth-order valence-electron chi connectivity index (χ4n) is 0.777. The van der Waals surface area contributed by atoms with Crippen molar-refractivity contribution >= 4 is 17.4 Å². The number of aliphatic imine (C=N–C) groups is 1. The Labute approximate surface area is 67.9 Å². The normalized spacial score (nSPS) is 9.50. The zero-order chi connectivity index (χ0) is 7.82. The third-order valence-corrected chi connectivity index (χ3v) is 1.62. The number of rotatable bonds is 5. The quantitative estimate of drug-likeness (QED) is 0.444. The van der Waals surface area contributed by atoms with E-state index < -0.39 is 0 Å². The molecule has 0 radical (unpaired) electrons. The van der Waals surface area contributed by atoms with E-state index in [0.717, 1.165) is 26.2 Å². The number of likely N-dealkylation sites (N-methyl/N-ethyl adjacent to an activating group) is 1. The molecule has 58 valence electrons. The SMILES string of the molecule is CCN(CC)CCN=C=S. The maximum Gasteiger partial charge on any atom is 0.0620 e. The van der Waals surface area contributed by atoms with Crippen molar-refractivity contribution < 1.29 is 0 Å². The molecule has 0 unspecified atom stereocenters. The van der Waals surface area contributed by atoms with Crippen LogP contribution in [-0.4, -0.2) is 36.2 Å². The minimum Gasteiger partial charge on any atom is -0.302 e. The van der Waals surface area contributed by atoms with Crippen molar-refractivity contribution in [1.29, 1.82) is 0 Å². The number of isothiocyanates is 1. The van der Waals surface area contributed by atoms with E-state index in [2.05, 4.69) is 41.1 Å². The van der Waals surface area contributed by atoms with Crippen molar-refractivity contribution in [2.24, 2.45) is 4.99 Å². The van der Waals surface area contributed by atoms with Crippen LogP contribution in [0.5, 0.6) is 0 Å². The molecule has 0 aliphatic heterocycles. The van der Waals surface area contributed by atoms with Gasteiger partial charge in [-0.15, -0.1) is 0 Å². The van der Waals surface area contributed by atoms with Gasteiger partial charge in [-0.3, -0.25) is 0 Å². The van der Waals surface area contributed by atoms with E-state index in [-0.39, 0.29) is 0 Å². The molecular formula is C7H14N2S. The zero-order valence-corrected chi connectivity index (χ0v) is 7.45. The molecule has 10 heavy (non-hydrogen) atoms. The van der Waals surface area contributed by atoms with Gasteiger partial charge in [0.2, 0.25) is 0 Å². The molecule has 0 N–H and O–H groups in total. The van der Waals surface area contributed by atoms with E-state index in [1.54, 1.807) is 0 Å². The molecule has 3 heteroatoms. The van der Waals surface area contributed by atoms with Crippen LogP contribution >= 0.6 is 12.2 Å². The van der Waals surface area contributed by atoms with Gasteiger partial charge in [-0.1, -0.05) is 13.8 Å². The molecule has 0 saturated carbocycles. The average Bonchev–Trinajstić information content (AvgIpc) is 1.99. The van der Waals surface area contributed by atoms with Crippen molar-refractivity contribution in [3.05, 3.63) is 0 Å². The Morgan fingerprint density at radius 2 is 2.00 bits per heavy atom. The third kappa shape index (κ3) is 4.62. The first-order chi connectivity index (χ1) is 4.85. The summed E-state index contributed by atoms with van der Waals surface area (Å²) in [6.45, 7) is 8.24. The van der Waals surface area contributed by atoms with E-state index in [1.807, 2.05) is 0 Å². The van der Waals surface area contributed by atoms with Gasteiger partial charge in [0.25, 0.3) is 0 Å². The van der Waals surface area contributed by atoms with E-state index >= 15 is 0 Å². The van der Waals surface area contributed by atoms with Gasteiger partial charge in [0.1, 0.15) is 0 Å². The van der Waals surface area contributed by atoms with Crippen LogP contribution in [0.3, 0.4) is 0 Å². The first kappa shape index (κ1) is 9.76. The van der Waals surface area contributed by atoms with E-state index in [1.165, 1.54) is 0 Å². The molecule has 0 rings (SSSR count).